The van der Waals surface area contributed by atoms with Gasteiger partial charge in [0.2, 0.25) is 6.35 Å². The summed E-state index contributed by atoms with van der Waals surface area (Å²) in [6, 6.07) is 13.4. The number of rotatable bonds is 8. The Morgan fingerprint density at radius 3 is 2.36 bits per heavy atom. The Labute approximate surface area is 293 Å². The van der Waals surface area contributed by atoms with Crippen LogP contribution in [0.1, 0.15) is 51.7 Å². The number of carbonyl (C=O) groups excluding carboxylic acids is 2. The number of amides is 4. The Hall–Kier alpha value is -4.10. The third-order valence-corrected chi connectivity index (χ3v) is 16.1. The molecule has 0 aromatic heterocycles. The summed E-state index contributed by atoms with van der Waals surface area (Å²) in [4.78, 5) is 31.5. The van der Waals surface area contributed by atoms with Crippen LogP contribution < -0.4 is 9.83 Å². The Morgan fingerprint density at radius 1 is 0.920 bits per heavy atom. The van der Waals surface area contributed by atoms with E-state index in [9.17, 15) is 23.8 Å². The fourth-order valence-electron chi connectivity index (χ4n) is 7.52. The van der Waals surface area contributed by atoms with E-state index in [0.717, 1.165) is 43.4 Å². The highest BCUT2D eigenvalue weighted by atomic mass is 31.2. The average molecular weight is 716 g/mol. The molecule has 0 spiro atoms. The van der Waals surface area contributed by atoms with Crippen molar-refractivity contribution in [3.63, 3.8) is 0 Å². The number of imide groups is 1. The SMILES string of the molecule is C=CCN1C(=O)N(CC(C)P2(=O)OC3=C(C=CCC3C)c3ccccc32)C(=O)N(CC(C)P2(=O)Oc3ccccc3C3=CC(C)CC=C32)C1O. The van der Waals surface area contributed by atoms with Gasteiger partial charge in [-0.25, -0.2) is 14.5 Å². The van der Waals surface area contributed by atoms with E-state index in [4.69, 9.17) is 9.05 Å². The van der Waals surface area contributed by atoms with Crippen LogP contribution in [0.15, 0.2) is 96.6 Å². The molecule has 5 aliphatic rings. The minimum atomic E-state index is -3.66. The molecule has 2 aromatic rings. The van der Waals surface area contributed by atoms with Crippen LogP contribution in [-0.2, 0) is 13.7 Å². The van der Waals surface area contributed by atoms with Gasteiger partial charge in [0.05, 0.1) is 21.9 Å². The van der Waals surface area contributed by atoms with Gasteiger partial charge in [-0.3, -0.25) is 18.9 Å². The number of hydrogen-bond donors (Lipinski definition) is 1. The highest BCUT2D eigenvalue weighted by Gasteiger charge is 2.51. The largest absolute Gasteiger partial charge is 0.443 e. The minimum absolute atomic E-state index is 0.00640. The Morgan fingerprint density at radius 2 is 1.60 bits per heavy atom. The van der Waals surface area contributed by atoms with Gasteiger partial charge in [0.1, 0.15) is 11.5 Å². The predicted octanol–water partition coefficient (Wildman–Crippen LogP) is 8.00. The van der Waals surface area contributed by atoms with Gasteiger partial charge in [-0.1, -0.05) is 94.5 Å². The molecule has 2 aliphatic carbocycles. The quantitative estimate of drug-likeness (QED) is 0.218. The first-order valence-corrected chi connectivity index (χ1v) is 20.6. The zero-order valence-corrected chi connectivity index (χ0v) is 30.6. The number of para-hydroxylation sites is 1. The van der Waals surface area contributed by atoms with Crippen molar-refractivity contribution in [3.05, 3.63) is 108 Å². The van der Waals surface area contributed by atoms with Crippen molar-refractivity contribution in [2.75, 3.05) is 19.6 Å². The van der Waals surface area contributed by atoms with E-state index in [2.05, 4.69) is 25.7 Å². The van der Waals surface area contributed by atoms with Crippen LogP contribution in [0, 0.1) is 11.8 Å². The summed E-state index contributed by atoms with van der Waals surface area (Å²) in [5, 5.41) is 12.6. The number of nitrogens with zero attached hydrogens (tertiary/aromatic N) is 3. The molecule has 1 saturated heterocycles. The van der Waals surface area contributed by atoms with Crippen LogP contribution in [0.2, 0.25) is 0 Å². The van der Waals surface area contributed by atoms with Crippen molar-refractivity contribution in [3.8, 4) is 5.75 Å². The molecule has 7 unspecified atom stereocenters. The lowest BCUT2D eigenvalue weighted by Crippen LogP contribution is -2.67. The Bertz CT molecular complexity index is 2000. The number of allylic oxidation sites excluding steroid dienone is 8. The van der Waals surface area contributed by atoms with Crippen LogP contribution in [0.3, 0.4) is 0 Å². The second-order valence-corrected chi connectivity index (χ2v) is 19.4. The molecule has 7 atom stereocenters. The van der Waals surface area contributed by atoms with E-state index in [1.54, 1.807) is 26.0 Å². The highest BCUT2D eigenvalue weighted by molar-refractivity contribution is 7.68. The summed E-state index contributed by atoms with van der Waals surface area (Å²) in [7, 11) is -7.29. The summed E-state index contributed by atoms with van der Waals surface area (Å²) in [6.07, 6.45) is 9.40. The summed E-state index contributed by atoms with van der Waals surface area (Å²) < 4.78 is 42.7. The van der Waals surface area contributed by atoms with E-state index in [1.165, 1.54) is 6.08 Å². The molecular formula is C38H43N3O7P2. The van der Waals surface area contributed by atoms with Crippen molar-refractivity contribution in [1.29, 1.82) is 0 Å². The highest BCUT2D eigenvalue weighted by Crippen LogP contribution is 2.68. The zero-order valence-electron chi connectivity index (χ0n) is 28.8. The molecule has 3 heterocycles. The van der Waals surface area contributed by atoms with Gasteiger partial charge in [0.25, 0.3) is 14.7 Å². The summed E-state index contributed by atoms with van der Waals surface area (Å²) >= 11 is 0. The number of urea groups is 2. The first kappa shape index (κ1) is 34.4. The van der Waals surface area contributed by atoms with Gasteiger partial charge in [-0.15, -0.1) is 6.58 Å². The number of hydrogen-bond acceptors (Lipinski definition) is 7. The molecule has 0 radical (unpaired) electrons. The van der Waals surface area contributed by atoms with E-state index >= 15 is 0 Å². The van der Waals surface area contributed by atoms with E-state index in [0.29, 0.717) is 28.5 Å². The van der Waals surface area contributed by atoms with Gasteiger partial charge < -0.3 is 14.2 Å². The standard InChI is InChI=1S/C38H43N3O7P2/c1-6-20-39-36(42)40(22-26(4)49(45)34-19-18-24(2)21-31(34)28-13-7-9-16-32(28)47-49)38(44)41(37(39)43)23-27(5)50(46)33-17-10-8-14-29(33)30-15-11-12-25(3)35(30)48-50/h6-11,13-17,19,21,24-27,36,42H,1,12,18,20,22-23H2,2-5H3. The molecule has 1 fully saturated rings. The zero-order chi connectivity index (χ0) is 35.5. The third-order valence-electron chi connectivity index (χ3n) is 10.3. The smallest absolute Gasteiger partial charge is 0.331 e. The molecule has 4 amide bonds. The topological polar surface area (TPSA) is 117 Å². The molecule has 0 saturated carbocycles. The lowest BCUT2D eigenvalue weighted by molar-refractivity contribution is -0.0883. The van der Waals surface area contributed by atoms with Crippen LogP contribution in [0.5, 0.6) is 5.75 Å². The monoisotopic (exact) mass is 715 g/mol. The van der Waals surface area contributed by atoms with Crippen LogP contribution in [0.25, 0.3) is 11.1 Å². The van der Waals surface area contributed by atoms with Crippen molar-refractivity contribution in [2.45, 2.75) is 58.2 Å². The molecule has 10 nitrogen and oxygen atoms in total. The number of benzene rings is 2. The third kappa shape index (κ3) is 5.44. The lowest BCUT2D eigenvalue weighted by Gasteiger charge is -2.47. The van der Waals surface area contributed by atoms with Gasteiger partial charge in [-0.05, 0) is 42.0 Å². The first-order chi connectivity index (χ1) is 23.9. The van der Waals surface area contributed by atoms with Gasteiger partial charge in [-0.2, -0.15) is 0 Å². The molecule has 3 aliphatic heterocycles. The Balaban J connectivity index is 1.20. The molecule has 262 valence electrons. The molecule has 50 heavy (non-hydrogen) atoms. The second kappa shape index (κ2) is 12.9. The normalized spacial score (nSPS) is 29.8. The number of aliphatic hydroxyl groups excluding tert-OH is 1. The van der Waals surface area contributed by atoms with Gasteiger partial charge in [0, 0.05) is 36.7 Å². The lowest BCUT2D eigenvalue weighted by atomic mass is 9.91. The summed E-state index contributed by atoms with van der Waals surface area (Å²) in [5.41, 5.74) is 1.90. The number of aliphatic hydroxyl groups is 1. The molecule has 7 rings (SSSR count). The van der Waals surface area contributed by atoms with Crippen LogP contribution in [0.4, 0.5) is 9.59 Å². The van der Waals surface area contributed by atoms with Crippen molar-refractivity contribution in [2.24, 2.45) is 11.8 Å². The van der Waals surface area contributed by atoms with Gasteiger partial charge >= 0.3 is 12.1 Å². The molecule has 0 bridgehead atoms. The maximum absolute atomic E-state index is 15.0. The van der Waals surface area contributed by atoms with Crippen LogP contribution >= 0.6 is 14.7 Å². The first-order valence-electron chi connectivity index (χ1n) is 17.2. The van der Waals surface area contributed by atoms with Crippen molar-refractivity contribution >= 4 is 43.3 Å². The molecular weight excluding hydrogens is 672 g/mol. The van der Waals surface area contributed by atoms with Crippen LogP contribution in [-0.4, -0.2) is 69.2 Å². The predicted molar refractivity (Wildman–Crippen MR) is 195 cm³/mol. The van der Waals surface area contributed by atoms with Crippen molar-refractivity contribution in [1.82, 2.24) is 14.7 Å². The average Bonchev–Trinajstić information content (AvgIpc) is 3.11. The van der Waals surface area contributed by atoms with Crippen molar-refractivity contribution < 1.29 is 32.9 Å². The summed E-state index contributed by atoms with van der Waals surface area (Å²) in [6.45, 7) is 10.9. The van der Waals surface area contributed by atoms with E-state index in [1.807, 2.05) is 55.5 Å². The molecule has 1 N–H and O–H groups in total. The maximum Gasteiger partial charge on any atom is 0.331 e. The Kier molecular flexibility index (Phi) is 8.86. The van der Waals surface area contributed by atoms with Gasteiger partial charge in [0.15, 0.2) is 0 Å². The molecule has 2 aromatic carbocycles. The fraction of sp³-hybridized carbons (Fsp3) is 0.368. The van der Waals surface area contributed by atoms with E-state index in [-0.39, 0.29) is 31.5 Å². The second-order valence-electron chi connectivity index (χ2n) is 13.9. The maximum atomic E-state index is 15.0. The summed E-state index contributed by atoms with van der Waals surface area (Å²) in [5.74, 6) is 1.40. The fourth-order valence-corrected chi connectivity index (χ4v) is 12.5. The minimum Gasteiger partial charge on any atom is -0.443 e. The molecule has 12 heteroatoms. The van der Waals surface area contributed by atoms with E-state index < -0.39 is 44.5 Å². The number of carbonyl (C=O) groups is 2. The number of fused-ring (bicyclic) bond motifs is 5.